The van der Waals surface area contributed by atoms with Crippen LogP contribution in [0.5, 0.6) is 0 Å². The van der Waals surface area contributed by atoms with Crippen LogP contribution in [-0.4, -0.2) is 17.4 Å². The molecule has 0 atom stereocenters. The monoisotopic (exact) mass is 256 g/mol. The summed E-state index contributed by atoms with van der Waals surface area (Å²) in [6.45, 7) is 2.61. The lowest BCUT2D eigenvalue weighted by molar-refractivity contribution is 0.0954. The minimum Gasteiger partial charge on any atom is -0.352 e. The number of carbonyl (C=O) groups is 1. The maximum atomic E-state index is 11.8. The summed E-state index contributed by atoms with van der Waals surface area (Å²) in [6, 6.07) is 11.1. The fourth-order valence-corrected chi connectivity index (χ4v) is 1.84. The maximum Gasteiger partial charge on any atom is 0.252 e. The van der Waals surface area contributed by atoms with Crippen molar-refractivity contribution in [2.45, 2.75) is 13.3 Å². The van der Waals surface area contributed by atoms with E-state index >= 15 is 0 Å². The largest absolute Gasteiger partial charge is 0.352 e. The van der Waals surface area contributed by atoms with Gasteiger partial charge in [0.2, 0.25) is 5.56 Å². The highest BCUT2D eigenvalue weighted by molar-refractivity contribution is 5.93. The van der Waals surface area contributed by atoms with Gasteiger partial charge in [-0.25, -0.2) is 0 Å². The lowest BCUT2D eigenvalue weighted by atomic mass is 10.1. The average molecular weight is 256 g/mol. The Bertz CT molecular complexity index is 612. The van der Waals surface area contributed by atoms with Crippen LogP contribution in [0.15, 0.2) is 47.4 Å². The number of H-pyrrole nitrogens is 1. The van der Waals surface area contributed by atoms with Gasteiger partial charge in [0.15, 0.2) is 0 Å². The van der Waals surface area contributed by atoms with Crippen molar-refractivity contribution in [3.8, 4) is 0 Å². The van der Waals surface area contributed by atoms with Crippen molar-refractivity contribution in [3.05, 3.63) is 69.6 Å². The van der Waals surface area contributed by atoms with Gasteiger partial charge in [-0.1, -0.05) is 29.8 Å². The van der Waals surface area contributed by atoms with Gasteiger partial charge in [0.05, 0.1) is 5.56 Å². The number of pyridine rings is 1. The van der Waals surface area contributed by atoms with Crippen LogP contribution in [0.4, 0.5) is 0 Å². The van der Waals surface area contributed by atoms with Gasteiger partial charge in [0, 0.05) is 18.8 Å². The fraction of sp³-hybridized carbons (Fsp3) is 0.200. The van der Waals surface area contributed by atoms with Gasteiger partial charge in [-0.3, -0.25) is 9.59 Å². The van der Waals surface area contributed by atoms with E-state index in [-0.39, 0.29) is 11.5 Å². The minimum atomic E-state index is -0.212. The van der Waals surface area contributed by atoms with Crippen molar-refractivity contribution < 1.29 is 4.79 Å². The average Bonchev–Trinajstić information content (AvgIpc) is 2.39. The summed E-state index contributed by atoms with van der Waals surface area (Å²) in [5.74, 6) is -0.177. The first kappa shape index (κ1) is 13.1. The summed E-state index contributed by atoms with van der Waals surface area (Å²) in [5.41, 5.74) is 2.66. The highest BCUT2D eigenvalue weighted by Crippen LogP contribution is 2.04. The lowest BCUT2D eigenvalue weighted by Crippen LogP contribution is -2.26. The summed E-state index contributed by atoms with van der Waals surface area (Å²) in [7, 11) is 0. The summed E-state index contributed by atoms with van der Waals surface area (Å²) in [5, 5.41) is 2.83. The number of hydrogen-bond acceptors (Lipinski definition) is 2. The molecule has 0 aliphatic carbocycles. The van der Waals surface area contributed by atoms with E-state index in [0.717, 1.165) is 6.42 Å². The first-order chi connectivity index (χ1) is 9.15. The van der Waals surface area contributed by atoms with Crippen molar-refractivity contribution >= 4 is 5.91 Å². The third kappa shape index (κ3) is 3.81. The molecule has 0 spiro atoms. The number of aromatic amines is 1. The first-order valence-corrected chi connectivity index (χ1v) is 6.17. The molecule has 0 aliphatic rings. The molecular weight excluding hydrogens is 240 g/mol. The summed E-state index contributed by atoms with van der Waals surface area (Å²) in [6.07, 6.45) is 2.21. The topological polar surface area (TPSA) is 62.0 Å². The van der Waals surface area contributed by atoms with E-state index in [9.17, 15) is 9.59 Å². The minimum absolute atomic E-state index is 0.177. The number of hydrogen-bond donors (Lipinski definition) is 2. The van der Waals surface area contributed by atoms with Crippen LogP contribution < -0.4 is 10.9 Å². The highest BCUT2D eigenvalue weighted by atomic mass is 16.1. The number of benzene rings is 1. The second-order valence-corrected chi connectivity index (χ2v) is 4.44. The molecule has 2 N–H and O–H groups in total. The molecule has 0 saturated heterocycles. The molecule has 98 valence electrons. The zero-order valence-corrected chi connectivity index (χ0v) is 10.8. The predicted octanol–water partition coefficient (Wildman–Crippen LogP) is 1.66. The number of nitrogens with one attached hydrogen (secondary N) is 2. The van der Waals surface area contributed by atoms with Crippen molar-refractivity contribution in [1.29, 1.82) is 0 Å². The molecule has 0 unspecified atom stereocenters. The molecule has 0 bridgehead atoms. The van der Waals surface area contributed by atoms with E-state index in [4.69, 9.17) is 0 Å². The molecule has 2 rings (SSSR count). The van der Waals surface area contributed by atoms with Crippen LogP contribution in [-0.2, 0) is 6.42 Å². The van der Waals surface area contributed by atoms with Crippen molar-refractivity contribution in [3.63, 3.8) is 0 Å². The molecule has 0 fully saturated rings. The van der Waals surface area contributed by atoms with E-state index in [2.05, 4.69) is 16.4 Å². The normalized spacial score (nSPS) is 10.2. The number of aryl methyl sites for hydroxylation is 1. The molecule has 1 amide bonds. The standard InChI is InChI=1S/C15H16N2O2/c1-11-3-2-4-12(9-11)7-8-16-15(19)13-5-6-14(18)17-10-13/h2-6,9-10H,7-8H2,1H3,(H,16,19)(H,17,18). The molecule has 1 heterocycles. The van der Waals surface area contributed by atoms with Crippen molar-refractivity contribution in [2.75, 3.05) is 6.54 Å². The van der Waals surface area contributed by atoms with Gasteiger partial charge in [-0.05, 0) is 25.0 Å². The van der Waals surface area contributed by atoms with Gasteiger partial charge in [0.1, 0.15) is 0 Å². The highest BCUT2D eigenvalue weighted by Gasteiger charge is 2.04. The Hall–Kier alpha value is -2.36. The Morgan fingerprint density at radius 1 is 1.26 bits per heavy atom. The molecule has 0 saturated carbocycles. The van der Waals surface area contributed by atoms with Crippen LogP contribution >= 0.6 is 0 Å². The van der Waals surface area contributed by atoms with Crippen molar-refractivity contribution in [1.82, 2.24) is 10.3 Å². The smallest absolute Gasteiger partial charge is 0.252 e. The SMILES string of the molecule is Cc1cccc(CCNC(=O)c2ccc(=O)[nH]c2)c1. The van der Waals surface area contributed by atoms with Gasteiger partial charge >= 0.3 is 0 Å². The zero-order valence-electron chi connectivity index (χ0n) is 10.8. The second kappa shape index (κ2) is 6.00. The molecule has 0 radical (unpaired) electrons. The van der Waals surface area contributed by atoms with Gasteiger partial charge in [-0.2, -0.15) is 0 Å². The Labute approximate surface area is 111 Å². The Kier molecular flexibility index (Phi) is 4.13. The third-order valence-electron chi connectivity index (χ3n) is 2.83. The third-order valence-corrected chi connectivity index (χ3v) is 2.83. The Morgan fingerprint density at radius 3 is 2.79 bits per heavy atom. The molecule has 4 nitrogen and oxygen atoms in total. The molecule has 1 aromatic carbocycles. The predicted molar refractivity (Wildman–Crippen MR) is 74.3 cm³/mol. The molecule has 19 heavy (non-hydrogen) atoms. The van der Waals surface area contributed by atoms with Crippen LogP contribution in [0, 0.1) is 6.92 Å². The quantitative estimate of drug-likeness (QED) is 0.873. The summed E-state index contributed by atoms with van der Waals surface area (Å²) < 4.78 is 0. The van der Waals surface area contributed by atoms with Crippen LogP contribution in [0.1, 0.15) is 21.5 Å². The summed E-state index contributed by atoms with van der Waals surface area (Å²) >= 11 is 0. The number of amides is 1. The van der Waals surface area contributed by atoms with Crippen LogP contribution in [0.2, 0.25) is 0 Å². The first-order valence-electron chi connectivity index (χ1n) is 6.17. The van der Waals surface area contributed by atoms with E-state index < -0.39 is 0 Å². The maximum absolute atomic E-state index is 11.8. The van der Waals surface area contributed by atoms with Crippen LogP contribution in [0.25, 0.3) is 0 Å². The van der Waals surface area contributed by atoms with E-state index in [1.165, 1.54) is 29.5 Å². The van der Waals surface area contributed by atoms with Crippen molar-refractivity contribution in [2.24, 2.45) is 0 Å². The van der Waals surface area contributed by atoms with Gasteiger partial charge in [-0.15, -0.1) is 0 Å². The van der Waals surface area contributed by atoms with Gasteiger partial charge < -0.3 is 10.3 Å². The Morgan fingerprint density at radius 2 is 2.11 bits per heavy atom. The van der Waals surface area contributed by atoms with E-state index in [1.807, 2.05) is 25.1 Å². The second-order valence-electron chi connectivity index (χ2n) is 4.44. The number of rotatable bonds is 4. The summed E-state index contributed by atoms with van der Waals surface area (Å²) in [4.78, 5) is 25.1. The fourth-order valence-electron chi connectivity index (χ4n) is 1.84. The number of aromatic nitrogens is 1. The Balaban J connectivity index is 1.87. The van der Waals surface area contributed by atoms with Gasteiger partial charge in [0.25, 0.3) is 5.91 Å². The number of carbonyl (C=O) groups excluding carboxylic acids is 1. The molecule has 2 aromatic rings. The zero-order chi connectivity index (χ0) is 13.7. The van der Waals surface area contributed by atoms with E-state index in [0.29, 0.717) is 12.1 Å². The van der Waals surface area contributed by atoms with E-state index in [1.54, 1.807) is 0 Å². The molecule has 0 aliphatic heterocycles. The van der Waals surface area contributed by atoms with Crippen LogP contribution in [0.3, 0.4) is 0 Å². The molecule has 1 aromatic heterocycles. The molecule has 4 heteroatoms. The molecular formula is C15H16N2O2. The lowest BCUT2D eigenvalue weighted by Gasteiger charge is -2.05.